The monoisotopic (exact) mass is 332 g/mol. The van der Waals surface area contributed by atoms with Crippen LogP contribution in [0.4, 0.5) is 5.69 Å². The predicted molar refractivity (Wildman–Crippen MR) is 96.1 cm³/mol. The smallest absolute Gasteiger partial charge is 0.256 e. The number of hydrogen-bond acceptors (Lipinski definition) is 3. The van der Waals surface area contributed by atoms with Gasteiger partial charge in [-0.2, -0.15) is 0 Å². The summed E-state index contributed by atoms with van der Waals surface area (Å²) < 4.78 is 5.10. The summed E-state index contributed by atoms with van der Waals surface area (Å²) in [6.45, 7) is 0.388. The number of carbonyl (C=O) groups excluding carboxylic acids is 2. The van der Waals surface area contributed by atoms with Gasteiger partial charge in [-0.05, 0) is 47.3 Å². The highest BCUT2D eigenvalue weighted by Gasteiger charge is 2.22. The third-order valence-electron chi connectivity index (χ3n) is 4.42. The Hall–Kier alpha value is -3.34. The van der Waals surface area contributed by atoms with Crippen LogP contribution in [0, 0.1) is 0 Å². The van der Waals surface area contributed by atoms with Crippen LogP contribution >= 0.6 is 0 Å². The first kappa shape index (κ1) is 15.2. The second-order valence-corrected chi connectivity index (χ2v) is 5.87. The van der Waals surface area contributed by atoms with E-state index >= 15 is 0 Å². The van der Waals surface area contributed by atoms with Crippen molar-refractivity contribution in [3.05, 3.63) is 71.3 Å². The van der Waals surface area contributed by atoms with E-state index in [-0.39, 0.29) is 11.8 Å². The zero-order valence-corrected chi connectivity index (χ0v) is 13.6. The largest absolute Gasteiger partial charge is 0.497 e. The molecular formula is C20H16N2O3. The lowest BCUT2D eigenvalue weighted by molar-refractivity contribution is 0.0950. The molecule has 3 aromatic rings. The third-order valence-corrected chi connectivity index (χ3v) is 4.42. The van der Waals surface area contributed by atoms with Crippen LogP contribution in [0.5, 0.6) is 5.75 Å². The molecule has 5 nitrogen and oxygen atoms in total. The van der Waals surface area contributed by atoms with Gasteiger partial charge in [0, 0.05) is 28.7 Å². The number of amides is 2. The average Bonchev–Trinajstić information content (AvgIpc) is 2.98. The Balaban J connectivity index is 1.58. The van der Waals surface area contributed by atoms with Crippen LogP contribution in [-0.4, -0.2) is 18.9 Å². The molecule has 0 saturated heterocycles. The highest BCUT2D eigenvalue weighted by molar-refractivity contribution is 6.24. The van der Waals surface area contributed by atoms with Crippen molar-refractivity contribution >= 4 is 28.3 Å². The molecule has 0 atom stereocenters. The van der Waals surface area contributed by atoms with E-state index in [2.05, 4.69) is 10.6 Å². The van der Waals surface area contributed by atoms with Crippen molar-refractivity contribution in [3.8, 4) is 5.75 Å². The van der Waals surface area contributed by atoms with Gasteiger partial charge in [-0.25, -0.2) is 0 Å². The van der Waals surface area contributed by atoms with Crippen molar-refractivity contribution in [2.45, 2.75) is 6.54 Å². The minimum absolute atomic E-state index is 0.0833. The van der Waals surface area contributed by atoms with Gasteiger partial charge in [0.05, 0.1) is 7.11 Å². The third kappa shape index (κ3) is 2.59. The molecule has 25 heavy (non-hydrogen) atoms. The number of ether oxygens (including phenoxy) is 1. The maximum absolute atomic E-state index is 12.3. The Kier molecular flexibility index (Phi) is 3.61. The van der Waals surface area contributed by atoms with E-state index in [0.29, 0.717) is 23.4 Å². The normalized spacial score (nSPS) is 12.1. The topological polar surface area (TPSA) is 67.4 Å². The van der Waals surface area contributed by atoms with Gasteiger partial charge in [-0.3, -0.25) is 9.59 Å². The maximum atomic E-state index is 12.3. The summed E-state index contributed by atoms with van der Waals surface area (Å²) in [5.41, 5.74) is 3.04. The van der Waals surface area contributed by atoms with Gasteiger partial charge in [0.15, 0.2) is 0 Å². The van der Waals surface area contributed by atoms with Gasteiger partial charge in [-0.15, -0.1) is 0 Å². The molecule has 0 bridgehead atoms. The van der Waals surface area contributed by atoms with E-state index in [1.54, 1.807) is 31.4 Å². The van der Waals surface area contributed by atoms with Crippen LogP contribution < -0.4 is 15.4 Å². The quantitative estimate of drug-likeness (QED) is 0.770. The molecule has 0 unspecified atom stereocenters. The molecule has 0 aromatic heterocycles. The summed E-state index contributed by atoms with van der Waals surface area (Å²) >= 11 is 0. The molecule has 0 saturated carbocycles. The predicted octanol–water partition coefficient (Wildman–Crippen LogP) is 3.34. The van der Waals surface area contributed by atoms with Gasteiger partial charge in [-0.1, -0.05) is 18.2 Å². The molecule has 0 aliphatic carbocycles. The van der Waals surface area contributed by atoms with Gasteiger partial charge in [0.25, 0.3) is 11.8 Å². The van der Waals surface area contributed by atoms with E-state index in [1.165, 1.54) is 0 Å². The Morgan fingerprint density at radius 3 is 2.64 bits per heavy atom. The summed E-state index contributed by atoms with van der Waals surface area (Å²) in [7, 11) is 1.59. The molecule has 124 valence electrons. The minimum Gasteiger partial charge on any atom is -0.497 e. The van der Waals surface area contributed by atoms with Crippen molar-refractivity contribution in [2.24, 2.45) is 0 Å². The van der Waals surface area contributed by atoms with Gasteiger partial charge in [0.2, 0.25) is 0 Å². The number of anilines is 1. The van der Waals surface area contributed by atoms with Crippen LogP contribution in [0.15, 0.2) is 54.6 Å². The molecule has 4 rings (SSSR count). The van der Waals surface area contributed by atoms with Crippen LogP contribution in [0.3, 0.4) is 0 Å². The van der Waals surface area contributed by atoms with E-state index in [4.69, 9.17) is 4.74 Å². The van der Waals surface area contributed by atoms with Crippen LogP contribution in [0.2, 0.25) is 0 Å². The zero-order valence-electron chi connectivity index (χ0n) is 13.6. The molecule has 2 N–H and O–H groups in total. The zero-order chi connectivity index (χ0) is 17.4. The molecule has 1 aliphatic heterocycles. The van der Waals surface area contributed by atoms with E-state index in [1.807, 2.05) is 30.3 Å². The molecule has 3 aromatic carbocycles. The molecule has 1 heterocycles. The molecular weight excluding hydrogens is 316 g/mol. The SMILES string of the molecule is COc1ccc(C(=O)NCc2ccc3c4c(cccc24)C(=O)N3)cc1. The number of benzene rings is 3. The Morgan fingerprint density at radius 2 is 1.88 bits per heavy atom. The fourth-order valence-corrected chi connectivity index (χ4v) is 3.12. The van der Waals surface area contributed by atoms with Crippen molar-refractivity contribution in [2.75, 3.05) is 12.4 Å². The van der Waals surface area contributed by atoms with Gasteiger partial charge in [0.1, 0.15) is 5.75 Å². The molecule has 0 fully saturated rings. The highest BCUT2D eigenvalue weighted by Crippen LogP contribution is 2.34. The molecule has 0 spiro atoms. The number of methoxy groups -OCH3 is 1. The van der Waals surface area contributed by atoms with Gasteiger partial charge < -0.3 is 15.4 Å². The Labute approximate surface area is 144 Å². The van der Waals surface area contributed by atoms with E-state index < -0.39 is 0 Å². The summed E-state index contributed by atoms with van der Waals surface area (Å²) in [5.74, 6) is 0.473. The lowest BCUT2D eigenvalue weighted by atomic mass is 10.0. The minimum atomic E-state index is -0.153. The highest BCUT2D eigenvalue weighted by atomic mass is 16.5. The summed E-state index contributed by atoms with van der Waals surface area (Å²) in [6, 6.07) is 16.4. The second kappa shape index (κ2) is 5.94. The van der Waals surface area contributed by atoms with Gasteiger partial charge >= 0.3 is 0 Å². The fraction of sp³-hybridized carbons (Fsp3) is 0.100. The van der Waals surface area contributed by atoms with Crippen LogP contribution in [0.1, 0.15) is 26.3 Å². The summed E-state index contributed by atoms with van der Waals surface area (Å²) in [5, 5.41) is 7.69. The molecule has 1 aliphatic rings. The first-order valence-corrected chi connectivity index (χ1v) is 7.95. The second-order valence-electron chi connectivity index (χ2n) is 5.87. The number of rotatable bonds is 4. The van der Waals surface area contributed by atoms with Crippen molar-refractivity contribution in [1.29, 1.82) is 0 Å². The number of hydrogen-bond donors (Lipinski definition) is 2. The lowest BCUT2D eigenvalue weighted by Crippen LogP contribution is -2.22. The standard InChI is InChI=1S/C20H16N2O3/c1-25-14-8-5-12(6-9-14)19(23)21-11-13-7-10-17-18-15(13)3-2-4-16(18)20(24)22-17/h2-10H,11H2,1H3,(H,21,23)(H,22,24). The summed E-state index contributed by atoms with van der Waals surface area (Å²) in [6.07, 6.45) is 0. The average molecular weight is 332 g/mol. The van der Waals surface area contributed by atoms with E-state index in [0.717, 1.165) is 22.0 Å². The first-order valence-electron chi connectivity index (χ1n) is 7.95. The van der Waals surface area contributed by atoms with Crippen LogP contribution in [-0.2, 0) is 6.54 Å². The molecule has 2 amide bonds. The molecule has 5 heteroatoms. The van der Waals surface area contributed by atoms with Crippen molar-refractivity contribution in [1.82, 2.24) is 5.32 Å². The molecule has 0 radical (unpaired) electrons. The Morgan fingerprint density at radius 1 is 1.08 bits per heavy atom. The number of nitrogens with one attached hydrogen (secondary N) is 2. The first-order chi connectivity index (χ1) is 12.2. The lowest BCUT2D eigenvalue weighted by Gasteiger charge is -2.10. The van der Waals surface area contributed by atoms with E-state index in [9.17, 15) is 9.59 Å². The number of carbonyl (C=O) groups is 2. The Bertz CT molecular complexity index is 994. The maximum Gasteiger partial charge on any atom is 0.256 e. The van der Waals surface area contributed by atoms with Crippen LogP contribution in [0.25, 0.3) is 10.8 Å². The van der Waals surface area contributed by atoms with Crippen molar-refractivity contribution in [3.63, 3.8) is 0 Å². The van der Waals surface area contributed by atoms with Crippen molar-refractivity contribution < 1.29 is 14.3 Å². The fourth-order valence-electron chi connectivity index (χ4n) is 3.12. The summed E-state index contributed by atoms with van der Waals surface area (Å²) in [4.78, 5) is 24.3.